The van der Waals surface area contributed by atoms with Gasteiger partial charge in [-0.1, -0.05) is 19.9 Å². The summed E-state index contributed by atoms with van der Waals surface area (Å²) < 4.78 is 1.56. The molecule has 0 aromatic carbocycles. The van der Waals surface area contributed by atoms with E-state index in [2.05, 4.69) is 10.2 Å². The molecule has 0 aliphatic rings. The third-order valence-electron chi connectivity index (χ3n) is 2.09. The predicted molar refractivity (Wildman–Crippen MR) is 56.6 cm³/mol. The number of hydrogen-bond donors (Lipinski definition) is 1. The number of fused-ring (bicyclic) bond motifs is 1. The van der Waals surface area contributed by atoms with Crippen LogP contribution in [0.4, 0.5) is 0 Å². The van der Waals surface area contributed by atoms with Gasteiger partial charge in [-0.15, -0.1) is 0 Å². The first kappa shape index (κ1) is 10.5. The lowest BCUT2D eigenvalue weighted by atomic mass is 10.2. The molecule has 4 nitrogen and oxygen atoms in total. The van der Waals surface area contributed by atoms with Crippen LogP contribution in [-0.4, -0.2) is 14.6 Å². The number of pyridine rings is 1. The van der Waals surface area contributed by atoms with E-state index in [-0.39, 0.29) is 5.69 Å². The Morgan fingerprint density at radius 2 is 1.93 bits per heavy atom. The molecule has 0 bridgehead atoms. The van der Waals surface area contributed by atoms with Crippen molar-refractivity contribution in [2.45, 2.75) is 27.7 Å². The van der Waals surface area contributed by atoms with Crippen LogP contribution in [0, 0.1) is 13.8 Å². The van der Waals surface area contributed by atoms with E-state index in [0.29, 0.717) is 5.65 Å². The lowest BCUT2D eigenvalue weighted by molar-refractivity contribution is 0.979. The minimum Gasteiger partial charge on any atom is -0.247 e. The average Bonchev–Trinajstić information content (AvgIpc) is 2.58. The summed E-state index contributed by atoms with van der Waals surface area (Å²) in [5.74, 6) is 0. The summed E-state index contributed by atoms with van der Waals surface area (Å²) in [5.41, 5.74) is 2.52. The Morgan fingerprint density at radius 3 is 2.57 bits per heavy atom. The molecule has 2 aromatic heterocycles. The molecule has 0 amide bonds. The summed E-state index contributed by atoms with van der Waals surface area (Å²) in [6.07, 6.45) is 0. The monoisotopic (exact) mass is 193 g/mol. The fraction of sp³-hybridized carbons (Fsp3) is 0.400. The second kappa shape index (κ2) is 4.09. The molecule has 2 rings (SSSR count). The highest BCUT2D eigenvalue weighted by atomic mass is 16.1. The van der Waals surface area contributed by atoms with Crippen molar-refractivity contribution in [2.24, 2.45) is 0 Å². The van der Waals surface area contributed by atoms with Gasteiger partial charge in [-0.3, -0.25) is 0 Å². The number of aromatic amines is 1. The topological polar surface area (TPSA) is 50.2 Å². The molecule has 2 aromatic rings. The van der Waals surface area contributed by atoms with E-state index in [9.17, 15) is 4.79 Å². The molecule has 4 heteroatoms. The Labute approximate surface area is 82.6 Å². The van der Waals surface area contributed by atoms with Crippen LogP contribution in [-0.2, 0) is 0 Å². The number of rotatable bonds is 0. The van der Waals surface area contributed by atoms with Gasteiger partial charge in [0.2, 0.25) is 0 Å². The maximum absolute atomic E-state index is 11.2. The summed E-state index contributed by atoms with van der Waals surface area (Å²) in [7, 11) is 0. The summed E-state index contributed by atoms with van der Waals surface area (Å²) in [6.45, 7) is 7.87. The molecule has 14 heavy (non-hydrogen) atoms. The minimum atomic E-state index is -0.175. The number of nitrogens with one attached hydrogen (secondary N) is 1. The van der Waals surface area contributed by atoms with Gasteiger partial charge in [0.25, 0.3) is 0 Å². The van der Waals surface area contributed by atoms with E-state index in [4.69, 9.17) is 0 Å². The van der Waals surface area contributed by atoms with E-state index in [1.54, 1.807) is 4.40 Å². The van der Waals surface area contributed by atoms with Crippen molar-refractivity contribution in [1.82, 2.24) is 14.6 Å². The number of aromatic nitrogens is 3. The third-order valence-corrected chi connectivity index (χ3v) is 2.09. The zero-order valence-electron chi connectivity index (χ0n) is 8.96. The molecule has 0 saturated carbocycles. The number of nitrogens with zero attached hydrogens (tertiary/aromatic N) is 2. The molecule has 0 fully saturated rings. The number of aryl methyl sites for hydroxylation is 2. The number of H-pyrrole nitrogens is 1. The van der Waals surface area contributed by atoms with Crippen LogP contribution in [0.1, 0.15) is 25.1 Å². The Morgan fingerprint density at radius 1 is 1.29 bits per heavy atom. The van der Waals surface area contributed by atoms with Gasteiger partial charge in [0.05, 0.1) is 0 Å². The molecule has 0 radical (unpaired) electrons. The summed E-state index contributed by atoms with van der Waals surface area (Å²) in [6, 6.07) is 3.77. The van der Waals surface area contributed by atoms with Crippen molar-refractivity contribution in [3.8, 4) is 0 Å². The molecule has 0 atom stereocenters. The van der Waals surface area contributed by atoms with Gasteiger partial charge in [0.1, 0.15) is 0 Å². The third kappa shape index (κ3) is 1.55. The Hall–Kier alpha value is -1.58. The summed E-state index contributed by atoms with van der Waals surface area (Å²) >= 11 is 0. The highest BCUT2D eigenvalue weighted by Gasteiger charge is 2.03. The van der Waals surface area contributed by atoms with Crippen LogP contribution in [0.3, 0.4) is 0 Å². The van der Waals surface area contributed by atoms with Crippen LogP contribution in [0.15, 0.2) is 16.9 Å². The maximum Gasteiger partial charge on any atom is 0.347 e. The first-order valence-electron chi connectivity index (χ1n) is 4.73. The first-order valence-corrected chi connectivity index (χ1v) is 4.73. The van der Waals surface area contributed by atoms with Crippen molar-refractivity contribution < 1.29 is 0 Å². The normalized spacial score (nSPS) is 9.71. The fourth-order valence-electron chi connectivity index (χ4n) is 1.24. The van der Waals surface area contributed by atoms with Gasteiger partial charge in [0.15, 0.2) is 5.65 Å². The lowest BCUT2D eigenvalue weighted by Gasteiger charge is -2.00. The molecule has 0 unspecified atom stereocenters. The Balaban J connectivity index is 0.000000461. The smallest absolute Gasteiger partial charge is 0.247 e. The second-order valence-electron chi connectivity index (χ2n) is 2.82. The minimum absolute atomic E-state index is 0.175. The Kier molecular flexibility index (Phi) is 3.06. The molecule has 2 heterocycles. The largest absolute Gasteiger partial charge is 0.347 e. The quantitative estimate of drug-likeness (QED) is 0.691. The van der Waals surface area contributed by atoms with E-state index in [1.807, 2.05) is 39.8 Å². The van der Waals surface area contributed by atoms with Crippen molar-refractivity contribution in [1.29, 1.82) is 0 Å². The fourth-order valence-corrected chi connectivity index (χ4v) is 1.24. The summed E-state index contributed by atoms with van der Waals surface area (Å²) in [5, 5.41) is 6.25. The predicted octanol–water partition coefficient (Wildman–Crippen LogP) is 1.67. The van der Waals surface area contributed by atoms with Gasteiger partial charge >= 0.3 is 5.69 Å². The van der Waals surface area contributed by atoms with Crippen molar-refractivity contribution in [2.75, 3.05) is 0 Å². The van der Waals surface area contributed by atoms with Crippen LogP contribution in [0.25, 0.3) is 5.65 Å². The van der Waals surface area contributed by atoms with Gasteiger partial charge < -0.3 is 0 Å². The molecular formula is C10H15N3O. The second-order valence-corrected chi connectivity index (χ2v) is 2.82. The zero-order chi connectivity index (χ0) is 10.7. The lowest BCUT2D eigenvalue weighted by Crippen LogP contribution is -2.12. The molecule has 0 spiro atoms. The van der Waals surface area contributed by atoms with E-state index in [1.165, 1.54) is 0 Å². The first-order chi connectivity index (χ1) is 6.70. The van der Waals surface area contributed by atoms with Crippen LogP contribution in [0.2, 0.25) is 0 Å². The van der Waals surface area contributed by atoms with E-state index < -0.39 is 0 Å². The number of hydrogen-bond acceptors (Lipinski definition) is 2. The van der Waals surface area contributed by atoms with Crippen molar-refractivity contribution in [3.05, 3.63) is 33.9 Å². The van der Waals surface area contributed by atoms with Crippen LogP contribution < -0.4 is 5.69 Å². The molecule has 1 N–H and O–H groups in total. The molecule has 0 saturated heterocycles. The average molecular weight is 193 g/mol. The Bertz CT molecular complexity index is 482. The van der Waals surface area contributed by atoms with Crippen molar-refractivity contribution in [3.63, 3.8) is 0 Å². The van der Waals surface area contributed by atoms with Gasteiger partial charge in [-0.25, -0.2) is 14.3 Å². The van der Waals surface area contributed by atoms with Gasteiger partial charge in [-0.2, -0.15) is 5.10 Å². The highest BCUT2D eigenvalue weighted by Crippen LogP contribution is 2.06. The van der Waals surface area contributed by atoms with Gasteiger partial charge in [-0.05, 0) is 25.5 Å². The molecule has 76 valence electrons. The van der Waals surface area contributed by atoms with Gasteiger partial charge in [0, 0.05) is 5.69 Å². The SMILES string of the molecule is CC.Cc1ccc2n[nH]c(=O)n2c1C. The molecule has 0 aliphatic heterocycles. The maximum atomic E-state index is 11.2. The molecular weight excluding hydrogens is 178 g/mol. The van der Waals surface area contributed by atoms with Crippen molar-refractivity contribution >= 4 is 5.65 Å². The molecule has 0 aliphatic carbocycles. The van der Waals surface area contributed by atoms with E-state index >= 15 is 0 Å². The van der Waals surface area contributed by atoms with E-state index in [0.717, 1.165) is 11.3 Å². The van der Waals surface area contributed by atoms with Crippen LogP contribution >= 0.6 is 0 Å². The summed E-state index contributed by atoms with van der Waals surface area (Å²) in [4.78, 5) is 11.2. The highest BCUT2D eigenvalue weighted by molar-refractivity contribution is 5.40. The zero-order valence-corrected chi connectivity index (χ0v) is 8.96. The van der Waals surface area contributed by atoms with Crippen LogP contribution in [0.5, 0.6) is 0 Å². The standard InChI is InChI=1S/C8H9N3O.C2H6/c1-5-3-4-7-9-10-8(12)11(7)6(5)2;1-2/h3-4H,1-2H3,(H,10,12);1-2H3.